The van der Waals surface area contributed by atoms with Crippen LogP contribution < -0.4 is 10.1 Å². The molecular formula is C17H27FN2O. The van der Waals surface area contributed by atoms with Crippen molar-refractivity contribution in [1.29, 1.82) is 0 Å². The molecule has 21 heavy (non-hydrogen) atoms. The molecule has 1 aromatic rings. The van der Waals surface area contributed by atoms with Crippen LogP contribution in [0.1, 0.15) is 38.2 Å². The van der Waals surface area contributed by atoms with E-state index >= 15 is 0 Å². The van der Waals surface area contributed by atoms with Crippen LogP contribution in [0.25, 0.3) is 0 Å². The lowest BCUT2D eigenvalue weighted by atomic mass is 10.0. The highest BCUT2D eigenvalue weighted by atomic mass is 19.1. The molecule has 2 rings (SSSR count). The van der Waals surface area contributed by atoms with Crippen LogP contribution in [-0.2, 0) is 6.54 Å². The number of nitrogens with one attached hydrogen (secondary N) is 1. The molecule has 1 aromatic carbocycles. The minimum absolute atomic E-state index is 0.262. The molecule has 1 aliphatic rings. The zero-order valence-electron chi connectivity index (χ0n) is 13.2. The van der Waals surface area contributed by atoms with Crippen molar-refractivity contribution in [3.05, 3.63) is 29.6 Å². The van der Waals surface area contributed by atoms with Crippen molar-refractivity contribution in [2.24, 2.45) is 0 Å². The van der Waals surface area contributed by atoms with E-state index in [-0.39, 0.29) is 5.82 Å². The van der Waals surface area contributed by atoms with Gasteiger partial charge in [-0.05, 0) is 57.1 Å². The van der Waals surface area contributed by atoms with E-state index in [0.717, 1.165) is 25.1 Å². The number of nitrogens with zero attached hydrogens (tertiary/aromatic N) is 1. The third kappa shape index (κ3) is 4.97. The molecule has 4 heteroatoms. The quantitative estimate of drug-likeness (QED) is 0.836. The van der Waals surface area contributed by atoms with Gasteiger partial charge in [0, 0.05) is 12.6 Å². The van der Waals surface area contributed by atoms with E-state index < -0.39 is 0 Å². The zero-order valence-corrected chi connectivity index (χ0v) is 13.2. The lowest BCUT2D eigenvalue weighted by Gasteiger charge is -2.32. The minimum atomic E-state index is -0.262. The maximum Gasteiger partial charge on any atom is 0.165 e. The second kappa shape index (κ2) is 8.35. The summed E-state index contributed by atoms with van der Waals surface area (Å²) in [6.45, 7) is 5.36. The molecule has 0 amide bonds. The van der Waals surface area contributed by atoms with Crippen molar-refractivity contribution in [2.75, 3.05) is 26.7 Å². The van der Waals surface area contributed by atoms with Crippen LogP contribution >= 0.6 is 0 Å². The number of halogens is 1. The first-order valence-electron chi connectivity index (χ1n) is 8.03. The van der Waals surface area contributed by atoms with Gasteiger partial charge in [-0.3, -0.25) is 0 Å². The smallest absolute Gasteiger partial charge is 0.165 e. The Labute approximate surface area is 127 Å². The predicted octanol–water partition coefficient (Wildman–Crippen LogP) is 3.19. The van der Waals surface area contributed by atoms with Gasteiger partial charge in [0.1, 0.15) is 0 Å². The molecule has 1 saturated heterocycles. The summed E-state index contributed by atoms with van der Waals surface area (Å²) in [7, 11) is 2.17. The summed E-state index contributed by atoms with van der Waals surface area (Å²) in [5, 5.41) is 3.19. The number of hydrogen-bond acceptors (Lipinski definition) is 3. The Hall–Kier alpha value is -1.13. The maximum atomic E-state index is 14.0. The van der Waals surface area contributed by atoms with Gasteiger partial charge in [-0.2, -0.15) is 0 Å². The van der Waals surface area contributed by atoms with Crippen molar-refractivity contribution in [3.63, 3.8) is 0 Å². The lowest BCUT2D eigenvalue weighted by molar-refractivity contribution is 0.151. The highest BCUT2D eigenvalue weighted by molar-refractivity contribution is 5.29. The fourth-order valence-electron chi connectivity index (χ4n) is 2.85. The Balaban J connectivity index is 1.80. The molecule has 118 valence electrons. The molecule has 0 radical (unpaired) electrons. The van der Waals surface area contributed by atoms with E-state index in [0.29, 0.717) is 24.9 Å². The van der Waals surface area contributed by atoms with Crippen molar-refractivity contribution in [2.45, 2.75) is 45.2 Å². The minimum Gasteiger partial charge on any atom is -0.490 e. The number of benzene rings is 1. The molecule has 1 aliphatic heterocycles. The van der Waals surface area contributed by atoms with E-state index in [9.17, 15) is 4.39 Å². The Morgan fingerprint density at radius 1 is 1.38 bits per heavy atom. The van der Waals surface area contributed by atoms with E-state index in [2.05, 4.69) is 17.3 Å². The van der Waals surface area contributed by atoms with E-state index in [1.54, 1.807) is 12.1 Å². The van der Waals surface area contributed by atoms with Crippen LogP contribution in [0.2, 0.25) is 0 Å². The molecule has 1 N–H and O–H groups in total. The average molecular weight is 294 g/mol. The molecule has 0 saturated carbocycles. The number of ether oxygens (including phenoxy) is 1. The summed E-state index contributed by atoms with van der Waals surface area (Å²) in [4.78, 5) is 2.39. The fourth-order valence-corrected chi connectivity index (χ4v) is 2.85. The summed E-state index contributed by atoms with van der Waals surface area (Å²) in [6, 6.07) is 5.81. The van der Waals surface area contributed by atoms with Gasteiger partial charge in [-0.1, -0.05) is 19.4 Å². The molecular weight excluding hydrogens is 267 g/mol. The summed E-state index contributed by atoms with van der Waals surface area (Å²) in [5.74, 6) is 0.108. The van der Waals surface area contributed by atoms with Crippen molar-refractivity contribution >= 4 is 0 Å². The summed E-state index contributed by atoms with van der Waals surface area (Å²) >= 11 is 0. The number of hydrogen-bond donors (Lipinski definition) is 1. The van der Waals surface area contributed by atoms with Crippen molar-refractivity contribution in [1.82, 2.24) is 10.2 Å². The SMILES string of the molecule is CCNCc1ccc(OCCC2CCCCN2C)c(F)c1. The first-order chi connectivity index (χ1) is 10.2. The predicted molar refractivity (Wildman–Crippen MR) is 84.2 cm³/mol. The van der Waals surface area contributed by atoms with Gasteiger partial charge in [-0.25, -0.2) is 4.39 Å². The van der Waals surface area contributed by atoms with Crippen LogP contribution in [0.3, 0.4) is 0 Å². The molecule has 1 atom stereocenters. The van der Waals surface area contributed by atoms with Gasteiger partial charge in [0.25, 0.3) is 0 Å². The van der Waals surface area contributed by atoms with Gasteiger partial charge in [-0.15, -0.1) is 0 Å². The van der Waals surface area contributed by atoms with Gasteiger partial charge in [0.15, 0.2) is 11.6 Å². The molecule has 0 aromatic heterocycles. The monoisotopic (exact) mass is 294 g/mol. The van der Waals surface area contributed by atoms with E-state index in [1.165, 1.54) is 19.3 Å². The molecule has 1 fully saturated rings. The van der Waals surface area contributed by atoms with Crippen molar-refractivity contribution < 1.29 is 9.13 Å². The van der Waals surface area contributed by atoms with Crippen LogP contribution in [0.4, 0.5) is 4.39 Å². The highest BCUT2D eigenvalue weighted by Gasteiger charge is 2.18. The number of rotatable bonds is 7. The first-order valence-corrected chi connectivity index (χ1v) is 8.03. The molecule has 1 unspecified atom stereocenters. The summed E-state index contributed by atoms with van der Waals surface area (Å²) in [5.41, 5.74) is 0.953. The van der Waals surface area contributed by atoms with E-state index in [1.807, 2.05) is 13.0 Å². The Morgan fingerprint density at radius 3 is 2.95 bits per heavy atom. The summed E-state index contributed by atoms with van der Waals surface area (Å²) in [6.07, 6.45) is 4.78. The molecule has 1 heterocycles. The standard InChI is InChI=1S/C17H27FN2O/c1-3-19-13-14-7-8-17(16(18)12-14)21-11-9-15-6-4-5-10-20(15)2/h7-8,12,15,19H,3-6,9-11,13H2,1-2H3. The summed E-state index contributed by atoms with van der Waals surface area (Å²) < 4.78 is 19.6. The highest BCUT2D eigenvalue weighted by Crippen LogP contribution is 2.21. The largest absolute Gasteiger partial charge is 0.490 e. The first kappa shape index (κ1) is 16.2. The fraction of sp³-hybridized carbons (Fsp3) is 0.647. The second-order valence-electron chi connectivity index (χ2n) is 5.81. The zero-order chi connectivity index (χ0) is 15.1. The van der Waals surface area contributed by atoms with Gasteiger partial charge >= 0.3 is 0 Å². The Bertz CT molecular complexity index is 439. The third-order valence-corrected chi connectivity index (χ3v) is 4.21. The van der Waals surface area contributed by atoms with E-state index in [4.69, 9.17) is 4.74 Å². The number of likely N-dealkylation sites (tertiary alicyclic amines) is 1. The average Bonchev–Trinajstić information content (AvgIpc) is 2.49. The molecule has 0 spiro atoms. The molecule has 0 aliphatic carbocycles. The second-order valence-corrected chi connectivity index (χ2v) is 5.81. The normalized spacial score (nSPS) is 19.7. The van der Waals surface area contributed by atoms with Crippen LogP contribution in [0.5, 0.6) is 5.75 Å². The lowest BCUT2D eigenvalue weighted by Crippen LogP contribution is -2.37. The number of piperidine rings is 1. The Morgan fingerprint density at radius 2 is 2.24 bits per heavy atom. The topological polar surface area (TPSA) is 24.5 Å². The third-order valence-electron chi connectivity index (χ3n) is 4.21. The van der Waals surface area contributed by atoms with Crippen molar-refractivity contribution in [3.8, 4) is 5.75 Å². The Kier molecular flexibility index (Phi) is 6.46. The van der Waals surface area contributed by atoms with Crippen LogP contribution in [0.15, 0.2) is 18.2 Å². The van der Waals surface area contributed by atoms with Gasteiger partial charge in [0.2, 0.25) is 0 Å². The van der Waals surface area contributed by atoms with Crippen LogP contribution in [-0.4, -0.2) is 37.7 Å². The van der Waals surface area contributed by atoms with Gasteiger partial charge in [0.05, 0.1) is 6.61 Å². The molecule has 3 nitrogen and oxygen atoms in total. The maximum absolute atomic E-state index is 14.0. The van der Waals surface area contributed by atoms with Crippen LogP contribution in [0, 0.1) is 5.82 Å². The van der Waals surface area contributed by atoms with Gasteiger partial charge < -0.3 is 15.0 Å². The molecule has 0 bridgehead atoms.